The van der Waals surface area contributed by atoms with Gasteiger partial charge in [-0.2, -0.15) is 0 Å². The molecule has 85 heavy (non-hydrogen) atoms. The summed E-state index contributed by atoms with van der Waals surface area (Å²) in [5.41, 5.74) is 4.64. The van der Waals surface area contributed by atoms with Crippen molar-refractivity contribution in [2.45, 2.75) is 79.1 Å². The first-order valence-corrected chi connectivity index (χ1v) is 27.0. The number of carboxylic acid groups (broad SMARTS) is 2. The van der Waals surface area contributed by atoms with Gasteiger partial charge in [-0.3, -0.25) is 0 Å². The number of ether oxygens (including phenoxy) is 6. The standard InChI is InChI=1S/2C33H32F2O6.2Na.H2O/c2*1-3-8-24-28(10-6-11-29(24)41-30-12-5-9-26(35)32(30)33(37)38)39-17-7-18-40-31-20-27(36)25(19-21(31)4-2)22-13-15-23(34)16-14-22;;;/h2*5-6,9-16,19-20,36H,3-4,7-8,17-18H2,1-2H3,(H,37,38);;;1H2/q;;2*+1;/p-2. The van der Waals surface area contributed by atoms with Crippen LogP contribution < -0.4 is 97.7 Å². The molecule has 0 saturated carbocycles. The zero-order valence-electron chi connectivity index (χ0n) is 48.3. The average Bonchev–Trinajstić information content (AvgIpc) is 3.35. The second-order valence-electron chi connectivity index (χ2n) is 18.7. The molecule has 0 unspecified atom stereocenters. The van der Waals surface area contributed by atoms with Crippen LogP contribution in [0.4, 0.5) is 17.6 Å². The Bertz CT molecular complexity index is 3250. The first-order chi connectivity index (χ1) is 39.6. The van der Waals surface area contributed by atoms with Gasteiger partial charge in [0.25, 0.3) is 0 Å². The van der Waals surface area contributed by atoms with E-state index in [1.807, 2.05) is 39.8 Å². The Morgan fingerprint density at radius 2 is 0.753 bits per heavy atom. The predicted molar refractivity (Wildman–Crippen MR) is 303 cm³/mol. The van der Waals surface area contributed by atoms with E-state index in [0.29, 0.717) is 122 Å². The van der Waals surface area contributed by atoms with Crippen molar-refractivity contribution in [3.8, 4) is 79.7 Å². The third-order valence-corrected chi connectivity index (χ3v) is 13.0. The maximum Gasteiger partial charge on any atom is 1.00 e. The molecule has 0 heterocycles. The first-order valence-electron chi connectivity index (χ1n) is 27.0. The minimum Gasteiger partial charge on any atom is -0.545 e. The number of hydrogen-bond acceptors (Lipinski definition) is 12. The fourth-order valence-electron chi connectivity index (χ4n) is 8.97. The van der Waals surface area contributed by atoms with Crippen molar-refractivity contribution in [1.82, 2.24) is 0 Å². The summed E-state index contributed by atoms with van der Waals surface area (Å²) in [5, 5.41) is 44.1. The van der Waals surface area contributed by atoms with E-state index < -0.39 is 34.7 Å². The van der Waals surface area contributed by atoms with Crippen molar-refractivity contribution >= 4 is 11.9 Å². The molecule has 0 bridgehead atoms. The van der Waals surface area contributed by atoms with Gasteiger partial charge in [0.05, 0.1) is 49.5 Å². The van der Waals surface area contributed by atoms with Crippen LogP contribution in [0.2, 0.25) is 0 Å². The van der Waals surface area contributed by atoms with Gasteiger partial charge >= 0.3 is 59.1 Å². The quantitative estimate of drug-likeness (QED) is 0.0323. The predicted octanol–water partition coefficient (Wildman–Crippen LogP) is 6.90. The summed E-state index contributed by atoms with van der Waals surface area (Å²) in [5.74, 6) is -3.05. The molecule has 0 radical (unpaired) electrons. The van der Waals surface area contributed by atoms with Crippen molar-refractivity contribution in [1.29, 1.82) is 0 Å². The molecule has 0 aliphatic heterocycles. The summed E-state index contributed by atoms with van der Waals surface area (Å²) in [6, 6.07) is 36.7. The van der Waals surface area contributed by atoms with Crippen molar-refractivity contribution < 1.29 is 141 Å². The van der Waals surface area contributed by atoms with Crippen LogP contribution in [0.15, 0.2) is 146 Å². The molecule has 0 aliphatic carbocycles. The van der Waals surface area contributed by atoms with Crippen LogP contribution in [0.1, 0.15) is 96.3 Å². The zero-order valence-corrected chi connectivity index (χ0v) is 52.3. The van der Waals surface area contributed by atoms with E-state index >= 15 is 0 Å². The summed E-state index contributed by atoms with van der Waals surface area (Å²) in [6.07, 6.45) is 5.17. The van der Waals surface area contributed by atoms with Crippen molar-refractivity contribution in [3.63, 3.8) is 0 Å². The molecule has 0 atom stereocenters. The van der Waals surface area contributed by atoms with Gasteiger partial charge in [-0.05, 0) is 133 Å². The van der Waals surface area contributed by atoms with Crippen LogP contribution in [-0.4, -0.2) is 54.1 Å². The molecule has 8 aromatic rings. The molecule has 8 aromatic carbocycles. The number of halogens is 4. The van der Waals surface area contributed by atoms with Crippen LogP contribution in [0.25, 0.3) is 22.3 Å². The molecule has 0 aromatic heterocycles. The van der Waals surface area contributed by atoms with Crippen LogP contribution >= 0.6 is 0 Å². The largest absolute Gasteiger partial charge is 1.00 e. The van der Waals surface area contributed by atoms with Crippen LogP contribution in [0.3, 0.4) is 0 Å². The Kier molecular flexibility index (Phi) is 28.7. The average molecular weight is 1190 g/mol. The molecule has 0 amide bonds. The third-order valence-electron chi connectivity index (χ3n) is 13.0. The van der Waals surface area contributed by atoms with E-state index in [2.05, 4.69) is 0 Å². The number of rotatable bonds is 26. The second-order valence-corrected chi connectivity index (χ2v) is 18.7. The summed E-state index contributed by atoms with van der Waals surface area (Å²) in [7, 11) is 0. The Morgan fingerprint density at radius 1 is 0.435 bits per heavy atom. The van der Waals surface area contributed by atoms with Crippen molar-refractivity contribution in [2.24, 2.45) is 0 Å². The zero-order chi connectivity index (χ0) is 58.7. The van der Waals surface area contributed by atoms with Crippen LogP contribution in [0.5, 0.6) is 57.5 Å². The topological polar surface area (TPSA) is 208 Å². The fraction of sp³-hybridized carbons (Fsp3) is 0.242. The third kappa shape index (κ3) is 18.9. The maximum atomic E-state index is 14.1. The van der Waals surface area contributed by atoms with Gasteiger partial charge in [-0.1, -0.05) is 89.1 Å². The molecule has 0 aliphatic rings. The van der Waals surface area contributed by atoms with Crippen LogP contribution in [-0.2, 0) is 25.7 Å². The van der Waals surface area contributed by atoms with E-state index in [-0.39, 0.29) is 99.2 Å². The SMILES string of the molecule is CCCc1c(OCCCOc2cc(O)c(-c3ccc(F)cc3)cc2CC)cccc1Oc1cccc(F)c1C(=O)[O-].CCCc1c(OCCCOc2cc(O)c(-c3ccc(F)cc3)cc2CC)cccc1Oc1cccc(F)c1C(=O)[O-].O.[Na+].[Na+]. The first kappa shape index (κ1) is 70.3. The molecule has 13 nitrogen and oxygen atoms in total. The van der Waals surface area contributed by atoms with Gasteiger partial charge in [0.1, 0.15) is 80.8 Å². The number of carbonyl (C=O) groups excluding carboxylic acids is 2. The number of aromatic hydroxyl groups is 2. The van der Waals surface area contributed by atoms with Gasteiger partial charge in [0.15, 0.2) is 0 Å². The van der Waals surface area contributed by atoms with E-state index in [1.165, 1.54) is 48.5 Å². The number of phenols is 2. The number of hydrogen-bond donors (Lipinski definition) is 2. The van der Waals surface area contributed by atoms with E-state index in [0.717, 1.165) is 47.2 Å². The summed E-state index contributed by atoms with van der Waals surface area (Å²) in [6.45, 7) is 9.27. The van der Waals surface area contributed by atoms with E-state index in [9.17, 15) is 47.6 Å². The van der Waals surface area contributed by atoms with Gasteiger partial charge < -0.3 is 63.9 Å². The fourth-order valence-corrected chi connectivity index (χ4v) is 8.97. The van der Waals surface area contributed by atoms with Gasteiger partial charge in [0, 0.05) is 47.2 Å². The number of aromatic carboxylic acids is 2. The normalized spacial score (nSPS) is 10.4. The van der Waals surface area contributed by atoms with E-state index in [4.69, 9.17) is 28.4 Å². The van der Waals surface area contributed by atoms with Crippen molar-refractivity contribution in [3.05, 3.63) is 202 Å². The maximum absolute atomic E-state index is 14.1. The molecule has 0 spiro atoms. The molecule has 8 rings (SSSR count). The molecule has 0 fully saturated rings. The van der Waals surface area contributed by atoms with Crippen molar-refractivity contribution in [2.75, 3.05) is 26.4 Å². The number of phenolic OH excluding ortho intramolecular Hbond substituents is 2. The summed E-state index contributed by atoms with van der Waals surface area (Å²) in [4.78, 5) is 22.9. The Hall–Kier alpha value is -7.22. The minimum absolute atomic E-state index is 0. The molecule has 436 valence electrons. The van der Waals surface area contributed by atoms with Gasteiger partial charge in [0.2, 0.25) is 0 Å². The Balaban J connectivity index is 0.000000352. The smallest absolute Gasteiger partial charge is 0.545 e. The van der Waals surface area contributed by atoms with Gasteiger partial charge in [-0.15, -0.1) is 0 Å². The Morgan fingerprint density at radius 3 is 1.08 bits per heavy atom. The molecular weight excluding hydrogens is 1120 g/mol. The van der Waals surface area contributed by atoms with Gasteiger partial charge in [-0.25, -0.2) is 17.6 Å². The summed E-state index contributed by atoms with van der Waals surface area (Å²) >= 11 is 0. The number of carbonyl (C=O) groups is 2. The summed E-state index contributed by atoms with van der Waals surface area (Å²) < 4.78 is 90.5. The minimum atomic E-state index is -1.66. The molecule has 0 saturated heterocycles. The number of carboxylic acids is 2. The van der Waals surface area contributed by atoms with Crippen LogP contribution in [0, 0.1) is 23.3 Å². The van der Waals surface area contributed by atoms with E-state index in [1.54, 1.807) is 72.8 Å². The monoisotopic (exact) mass is 1190 g/mol. The Labute approximate surface area is 536 Å². The molecular formula is C66H64F4Na2O13. The number of benzene rings is 8. The molecule has 19 heteroatoms. The number of aryl methyl sites for hydroxylation is 2. The second kappa shape index (κ2) is 34.7. The molecule has 4 N–H and O–H groups in total.